The lowest BCUT2D eigenvalue weighted by Crippen LogP contribution is -2.39. The second kappa shape index (κ2) is 5.26. The molecule has 0 aromatic heterocycles. The van der Waals surface area contributed by atoms with Crippen molar-refractivity contribution in [1.82, 2.24) is 5.43 Å². The Kier molecular flexibility index (Phi) is 3.72. The number of benzene rings is 1. The Balaban J connectivity index is 1.64. The van der Waals surface area contributed by atoms with Crippen LogP contribution >= 0.6 is 0 Å². The van der Waals surface area contributed by atoms with Gasteiger partial charge in [-0.1, -0.05) is 30.3 Å². The Hall–Kier alpha value is -0.900. The maximum Gasteiger partial charge on any atom is 0.0720 e. The van der Waals surface area contributed by atoms with Gasteiger partial charge in [-0.05, 0) is 24.3 Å². The van der Waals surface area contributed by atoms with Crippen molar-refractivity contribution in [2.45, 2.75) is 25.6 Å². The van der Waals surface area contributed by atoms with E-state index in [1.165, 1.54) is 5.56 Å². The molecule has 0 radical (unpaired) electrons. The lowest BCUT2D eigenvalue weighted by Gasteiger charge is -2.34. The minimum absolute atomic E-state index is 0.434. The lowest BCUT2D eigenvalue weighted by atomic mass is 9.82. The summed E-state index contributed by atoms with van der Waals surface area (Å²) in [5.41, 5.74) is 3.96. The Morgan fingerprint density at radius 2 is 2.00 bits per heavy atom. The molecule has 3 nitrogen and oxygen atoms in total. The third kappa shape index (κ3) is 3.02. The molecule has 82 valence electrons. The van der Waals surface area contributed by atoms with Gasteiger partial charge in [0.2, 0.25) is 0 Å². The average molecular weight is 206 g/mol. The lowest BCUT2D eigenvalue weighted by molar-refractivity contribution is -0.0394. The molecule has 15 heavy (non-hydrogen) atoms. The van der Waals surface area contributed by atoms with Crippen molar-refractivity contribution in [2.24, 2.45) is 11.8 Å². The summed E-state index contributed by atoms with van der Waals surface area (Å²) in [6.45, 7) is 1.64. The highest BCUT2D eigenvalue weighted by Crippen LogP contribution is 2.29. The molecule has 3 heteroatoms. The van der Waals surface area contributed by atoms with Gasteiger partial charge in [-0.3, -0.25) is 11.3 Å². The number of nitrogens with one attached hydrogen (secondary N) is 1. The van der Waals surface area contributed by atoms with Crippen LogP contribution in [0.5, 0.6) is 0 Å². The zero-order valence-corrected chi connectivity index (χ0v) is 8.86. The van der Waals surface area contributed by atoms with Crippen LogP contribution in [0.25, 0.3) is 0 Å². The largest absolute Gasteiger partial charge is 0.374 e. The molecule has 1 aromatic rings. The van der Waals surface area contributed by atoms with Crippen LogP contribution in [-0.2, 0) is 11.3 Å². The highest BCUT2D eigenvalue weighted by molar-refractivity contribution is 5.13. The second-order valence-electron chi connectivity index (χ2n) is 4.16. The molecule has 1 aromatic carbocycles. The van der Waals surface area contributed by atoms with Gasteiger partial charge in [0.25, 0.3) is 0 Å². The van der Waals surface area contributed by atoms with Gasteiger partial charge in [-0.15, -0.1) is 0 Å². The quantitative estimate of drug-likeness (QED) is 0.566. The summed E-state index contributed by atoms with van der Waals surface area (Å²) in [4.78, 5) is 0. The average Bonchev–Trinajstić information content (AvgIpc) is 2.23. The van der Waals surface area contributed by atoms with Gasteiger partial charge >= 0.3 is 0 Å². The van der Waals surface area contributed by atoms with Crippen molar-refractivity contribution in [3.8, 4) is 0 Å². The number of hydrogen-bond donors (Lipinski definition) is 2. The van der Waals surface area contributed by atoms with Crippen LogP contribution in [0.3, 0.4) is 0 Å². The molecule has 1 saturated carbocycles. The molecule has 0 amide bonds. The molecule has 0 aliphatic heterocycles. The minimum Gasteiger partial charge on any atom is -0.374 e. The molecule has 0 spiro atoms. The van der Waals surface area contributed by atoms with Crippen molar-refractivity contribution in [1.29, 1.82) is 0 Å². The van der Waals surface area contributed by atoms with Crippen LogP contribution in [0.1, 0.15) is 18.4 Å². The monoisotopic (exact) mass is 206 g/mol. The van der Waals surface area contributed by atoms with E-state index < -0.39 is 0 Å². The Morgan fingerprint density at radius 1 is 1.27 bits per heavy atom. The number of hydrogen-bond acceptors (Lipinski definition) is 3. The van der Waals surface area contributed by atoms with E-state index in [2.05, 4.69) is 17.6 Å². The maximum absolute atomic E-state index is 5.77. The Morgan fingerprint density at radius 3 is 2.67 bits per heavy atom. The zero-order valence-electron chi connectivity index (χ0n) is 8.86. The molecule has 0 heterocycles. The summed E-state index contributed by atoms with van der Waals surface area (Å²) in [7, 11) is 0. The van der Waals surface area contributed by atoms with Crippen LogP contribution in [0, 0.1) is 5.92 Å². The standard InChI is InChI=1S/C12H18N2O/c13-14-8-11-6-12(7-11)15-9-10-4-2-1-3-5-10/h1-5,11-12,14H,6-9,13H2. The summed E-state index contributed by atoms with van der Waals surface area (Å²) in [5.74, 6) is 5.96. The number of nitrogens with two attached hydrogens (primary N) is 1. The Labute approximate surface area is 90.6 Å². The van der Waals surface area contributed by atoms with Gasteiger partial charge in [0, 0.05) is 6.54 Å². The van der Waals surface area contributed by atoms with E-state index in [0.29, 0.717) is 12.0 Å². The van der Waals surface area contributed by atoms with Crippen molar-refractivity contribution in [2.75, 3.05) is 6.54 Å². The number of hydrazine groups is 1. The van der Waals surface area contributed by atoms with Gasteiger partial charge in [-0.25, -0.2) is 0 Å². The predicted octanol–water partition coefficient (Wildman–Crippen LogP) is 1.45. The zero-order chi connectivity index (χ0) is 10.5. The highest BCUT2D eigenvalue weighted by Gasteiger charge is 2.28. The molecule has 3 N–H and O–H groups in total. The fourth-order valence-electron chi connectivity index (χ4n) is 1.93. The van der Waals surface area contributed by atoms with Gasteiger partial charge in [0.1, 0.15) is 0 Å². The van der Waals surface area contributed by atoms with Crippen molar-refractivity contribution >= 4 is 0 Å². The first-order valence-electron chi connectivity index (χ1n) is 5.47. The normalized spacial score (nSPS) is 24.9. The summed E-state index contributed by atoms with van der Waals surface area (Å²) >= 11 is 0. The van der Waals surface area contributed by atoms with Gasteiger partial charge < -0.3 is 4.74 Å². The van der Waals surface area contributed by atoms with E-state index in [9.17, 15) is 0 Å². The van der Waals surface area contributed by atoms with Crippen molar-refractivity contribution in [3.63, 3.8) is 0 Å². The van der Waals surface area contributed by atoms with Crippen LogP contribution in [0.15, 0.2) is 30.3 Å². The summed E-state index contributed by atoms with van der Waals surface area (Å²) in [6, 6.07) is 10.3. The third-order valence-corrected chi connectivity index (χ3v) is 2.93. The molecule has 2 rings (SSSR count). The van der Waals surface area contributed by atoms with Crippen molar-refractivity contribution < 1.29 is 4.74 Å². The molecular weight excluding hydrogens is 188 g/mol. The second-order valence-corrected chi connectivity index (χ2v) is 4.16. The summed E-state index contributed by atoms with van der Waals surface area (Å²) < 4.78 is 5.77. The van der Waals surface area contributed by atoms with Crippen LogP contribution in [0.4, 0.5) is 0 Å². The first-order chi connectivity index (χ1) is 7.38. The van der Waals surface area contributed by atoms with E-state index in [1.807, 2.05) is 18.2 Å². The first kappa shape index (κ1) is 10.6. The van der Waals surface area contributed by atoms with Gasteiger partial charge in [-0.2, -0.15) is 0 Å². The SMILES string of the molecule is NNCC1CC(OCc2ccccc2)C1. The fourth-order valence-corrected chi connectivity index (χ4v) is 1.93. The van der Waals surface area contributed by atoms with E-state index >= 15 is 0 Å². The van der Waals surface area contributed by atoms with Gasteiger partial charge in [0.05, 0.1) is 12.7 Å². The first-order valence-corrected chi connectivity index (χ1v) is 5.47. The third-order valence-electron chi connectivity index (χ3n) is 2.93. The van der Waals surface area contributed by atoms with Crippen LogP contribution < -0.4 is 11.3 Å². The van der Waals surface area contributed by atoms with E-state index in [4.69, 9.17) is 10.6 Å². The smallest absolute Gasteiger partial charge is 0.0720 e. The summed E-state index contributed by atoms with van der Waals surface area (Å²) in [6.07, 6.45) is 2.71. The predicted molar refractivity (Wildman–Crippen MR) is 59.9 cm³/mol. The molecule has 1 aliphatic rings. The fraction of sp³-hybridized carbons (Fsp3) is 0.500. The molecule has 1 aliphatic carbocycles. The maximum atomic E-state index is 5.77. The van der Waals surface area contributed by atoms with Crippen LogP contribution in [0.2, 0.25) is 0 Å². The van der Waals surface area contributed by atoms with E-state index in [1.54, 1.807) is 0 Å². The van der Waals surface area contributed by atoms with Crippen LogP contribution in [-0.4, -0.2) is 12.6 Å². The Bertz CT molecular complexity index is 283. The molecule has 0 unspecified atom stereocenters. The van der Waals surface area contributed by atoms with Gasteiger partial charge in [0.15, 0.2) is 0 Å². The molecule has 0 bridgehead atoms. The summed E-state index contributed by atoms with van der Waals surface area (Å²) in [5, 5.41) is 0. The molecule has 0 saturated heterocycles. The van der Waals surface area contributed by atoms with E-state index in [-0.39, 0.29) is 0 Å². The highest BCUT2D eigenvalue weighted by atomic mass is 16.5. The minimum atomic E-state index is 0.434. The van der Waals surface area contributed by atoms with E-state index in [0.717, 1.165) is 26.0 Å². The number of ether oxygens (including phenoxy) is 1. The molecule has 1 fully saturated rings. The molecule has 0 atom stereocenters. The number of rotatable bonds is 5. The topological polar surface area (TPSA) is 47.3 Å². The van der Waals surface area contributed by atoms with Crippen molar-refractivity contribution in [3.05, 3.63) is 35.9 Å². The molecular formula is C12H18N2O.